The predicted molar refractivity (Wildman–Crippen MR) is 111 cm³/mol. The second-order valence-electron chi connectivity index (χ2n) is 6.74. The quantitative estimate of drug-likeness (QED) is 0.472. The van der Waals surface area contributed by atoms with Crippen molar-refractivity contribution in [2.24, 2.45) is 0 Å². The summed E-state index contributed by atoms with van der Waals surface area (Å²) >= 11 is 0. The number of hydrogen-bond donors (Lipinski definition) is 2. The predicted octanol–water partition coefficient (Wildman–Crippen LogP) is 4.20. The molecule has 0 atom stereocenters. The molecule has 30 heavy (non-hydrogen) atoms. The Morgan fingerprint density at radius 3 is 2.43 bits per heavy atom. The van der Waals surface area contributed by atoms with Gasteiger partial charge in [0.2, 0.25) is 5.69 Å². The molecule has 0 fully saturated rings. The SMILES string of the molecule is O=C(O)c1nn(-c2ccccc2-c2cccc3c2oc2ccccc23)cc(O)c1=O. The summed E-state index contributed by atoms with van der Waals surface area (Å²) in [5.74, 6) is -2.21. The monoisotopic (exact) mass is 398 g/mol. The van der Waals surface area contributed by atoms with E-state index >= 15 is 0 Å². The largest absolute Gasteiger partial charge is 0.503 e. The fourth-order valence-electron chi connectivity index (χ4n) is 3.60. The minimum atomic E-state index is -1.51. The fourth-order valence-corrected chi connectivity index (χ4v) is 3.60. The number of para-hydroxylation sites is 3. The van der Waals surface area contributed by atoms with Crippen molar-refractivity contribution in [3.8, 4) is 22.6 Å². The van der Waals surface area contributed by atoms with Crippen LogP contribution < -0.4 is 5.43 Å². The minimum absolute atomic E-state index is 0.489. The molecule has 0 spiro atoms. The topological polar surface area (TPSA) is 106 Å². The molecule has 0 aliphatic rings. The standard InChI is InChI=1S/C23H14N2O5/c26-18-12-25(24-20(21(18)27)23(28)29)17-10-3-1-6-13(17)15-8-5-9-16-14-7-2-4-11-19(14)30-22(15)16/h1-12,26H,(H,28,29). The van der Waals surface area contributed by atoms with Gasteiger partial charge in [-0.1, -0.05) is 54.6 Å². The number of hydrogen-bond acceptors (Lipinski definition) is 5. The molecule has 146 valence electrons. The van der Waals surface area contributed by atoms with Gasteiger partial charge in [-0.2, -0.15) is 5.10 Å². The van der Waals surface area contributed by atoms with Gasteiger partial charge >= 0.3 is 5.97 Å². The molecule has 0 unspecified atom stereocenters. The molecule has 2 N–H and O–H groups in total. The molecule has 0 aliphatic carbocycles. The van der Waals surface area contributed by atoms with Gasteiger partial charge in [0.1, 0.15) is 11.2 Å². The van der Waals surface area contributed by atoms with Gasteiger partial charge in [0.15, 0.2) is 5.75 Å². The molecule has 2 heterocycles. The van der Waals surface area contributed by atoms with Crippen LogP contribution in [0.15, 0.2) is 82.1 Å². The molecule has 0 amide bonds. The highest BCUT2D eigenvalue weighted by Crippen LogP contribution is 2.37. The molecule has 2 aromatic heterocycles. The van der Waals surface area contributed by atoms with Crippen LogP contribution in [0.2, 0.25) is 0 Å². The lowest BCUT2D eigenvalue weighted by Crippen LogP contribution is -2.21. The van der Waals surface area contributed by atoms with Crippen LogP contribution in [0.4, 0.5) is 0 Å². The molecule has 0 aliphatic heterocycles. The number of rotatable bonds is 3. The first kappa shape index (κ1) is 17.7. The first-order valence-electron chi connectivity index (χ1n) is 9.11. The number of nitrogens with zero attached hydrogens (tertiary/aromatic N) is 2. The molecular weight excluding hydrogens is 384 g/mol. The first-order chi connectivity index (χ1) is 14.5. The molecule has 5 rings (SSSR count). The van der Waals surface area contributed by atoms with Gasteiger partial charge in [-0.05, 0) is 12.1 Å². The average molecular weight is 398 g/mol. The Morgan fingerprint density at radius 2 is 1.60 bits per heavy atom. The number of carbonyl (C=O) groups is 1. The van der Waals surface area contributed by atoms with Crippen LogP contribution in [0.25, 0.3) is 38.8 Å². The smallest absolute Gasteiger partial charge is 0.360 e. The molecule has 7 nitrogen and oxygen atoms in total. The highest BCUT2D eigenvalue weighted by Gasteiger charge is 2.19. The van der Waals surface area contributed by atoms with Crippen molar-refractivity contribution in [3.63, 3.8) is 0 Å². The van der Waals surface area contributed by atoms with E-state index in [0.29, 0.717) is 16.8 Å². The van der Waals surface area contributed by atoms with Gasteiger partial charge < -0.3 is 14.6 Å². The molecule has 0 saturated heterocycles. The van der Waals surface area contributed by atoms with Gasteiger partial charge in [0, 0.05) is 21.9 Å². The molecule has 7 heteroatoms. The summed E-state index contributed by atoms with van der Waals surface area (Å²) in [6.45, 7) is 0. The van der Waals surface area contributed by atoms with Crippen LogP contribution in [0, 0.1) is 0 Å². The van der Waals surface area contributed by atoms with Crippen molar-refractivity contribution in [1.29, 1.82) is 0 Å². The third-order valence-corrected chi connectivity index (χ3v) is 4.95. The molecule has 0 radical (unpaired) electrons. The fraction of sp³-hybridized carbons (Fsp3) is 0. The summed E-state index contributed by atoms with van der Waals surface area (Å²) in [4.78, 5) is 23.3. The summed E-state index contributed by atoms with van der Waals surface area (Å²) in [5.41, 5.74) is 1.61. The Morgan fingerprint density at radius 1 is 0.900 bits per heavy atom. The molecule has 5 aromatic rings. The number of aromatic carboxylic acids is 1. The number of benzene rings is 3. The summed E-state index contributed by atoms with van der Waals surface area (Å²) < 4.78 is 7.30. The van der Waals surface area contributed by atoms with Crippen molar-refractivity contribution >= 4 is 27.9 Å². The normalized spacial score (nSPS) is 11.2. The summed E-state index contributed by atoms with van der Waals surface area (Å²) in [5, 5.41) is 25.1. The van der Waals surface area contributed by atoms with Crippen LogP contribution in [0.1, 0.15) is 10.5 Å². The van der Waals surface area contributed by atoms with Crippen molar-refractivity contribution in [2.45, 2.75) is 0 Å². The van der Waals surface area contributed by atoms with Gasteiger partial charge in [0.05, 0.1) is 11.9 Å². The maximum atomic E-state index is 11.9. The summed E-state index contributed by atoms with van der Waals surface area (Å²) in [7, 11) is 0. The zero-order valence-electron chi connectivity index (χ0n) is 15.4. The third kappa shape index (κ3) is 2.64. The number of fused-ring (bicyclic) bond motifs is 3. The Labute approximate surface area is 169 Å². The van der Waals surface area contributed by atoms with Crippen LogP contribution in [-0.2, 0) is 0 Å². The van der Waals surface area contributed by atoms with E-state index in [1.807, 2.05) is 54.6 Å². The van der Waals surface area contributed by atoms with E-state index in [2.05, 4.69) is 5.10 Å². The Balaban J connectivity index is 1.80. The number of aromatic hydroxyl groups is 1. The van der Waals surface area contributed by atoms with Crippen molar-refractivity contribution in [3.05, 3.63) is 88.8 Å². The average Bonchev–Trinajstić information content (AvgIpc) is 3.14. The molecular formula is C23H14N2O5. The van der Waals surface area contributed by atoms with Crippen molar-refractivity contribution in [1.82, 2.24) is 9.78 Å². The summed E-state index contributed by atoms with van der Waals surface area (Å²) in [6.07, 6.45) is 1.10. The van der Waals surface area contributed by atoms with E-state index < -0.39 is 22.8 Å². The maximum absolute atomic E-state index is 11.9. The van der Waals surface area contributed by atoms with E-state index in [-0.39, 0.29) is 0 Å². The Kier molecular flexibility index (Phi) is 3.89. The van der Waals surface area contributed by atoms with Gasteiger partial charge in [0.25, 0.3) is 5.43 Å². The highest BCUT2D eigenvalue weighted by molar-refractivity contribution is 6.10. The van der Waals surface area contributed by atoms with Gasteiger partial charge in [-0.15, -0.1) is 0 Å². The maximum Gasteiger partial charge on any atom is 0.360 e. The lowest BCUT2D eigenvalue weighted by molar-refractivity contribution is 0.0686. The zero-order valence-corrected chi connectivity index (χ0v) is 15.4. The number of furan rings is 1. The number of carboxylic acids is 1. The van der Waals surface area contributed by atoms with E-state index in [1.54, 1.807) is 12.1 Å². The van der Waals surface area contributed by atoms with E-state index in [4.69, 9.17) is 4.42 Å². The lowest BCUT2D eigenvalue weighted by atomic mass is 10.0. The van der Waals surface area contributed by atoms with Crippen LogP contribution >= 0.6 is 0 Å². The van der Waals surface area contributed by atoms with E-state index in [0.717, 1.165) is 28.1 Å². The Bertz CT molecular complexity index is 1510. The first-order valence-corrected chi connectivity index (χ1v) is 9.11. The second kappa shape index (κ2) is 6.59. The number of carboxylic acid groups (broad SMARTS) is 1. The summed E-state index contributed by atoms with van der Waals surface area (Å²) in [6, 6.07) is 20.7. The van der Waals surface area contributed by atoms with Gasteiger partial charge in [-0.25, -0.2) is 9.48 Å². The lowest BCUT2D eigenvalue weighted by Gasteiger charge is -2.13. The number of aromatic nitrogens is 2. The van der Waals surface area contributed by atoms with Crippen LogP contribution in [-0.4, -0.2) is 26.0 Å². The highest BCUT2D eigenvalue weighted by atomic mass is 16.4. The third-order valence-electron chi connectivity index (χ3n) is 4.95. The van der Waals surface area contributed by atoms with Crippen LogP contribution in [0.3, 0.4) is 0 Å². The molecule has 0 saturated carbocycles. The van der Waals surface area contributed by atoms with Crippen molar-refractivity contribution < 1.29 is 19.4 Å². The van der Waals surface area contributed by atoms with E-state index in [9.17, 15) is 19.8 Å². The second-order valence-corrected chi connectivity index (χ2v) is 6.74. The molecule has 0 bridgehead atoms. The van der Waals surface area contributed by atoms with E-state index in [1.165, 1.54) is 4.68 Å². The Hall–Kier alpha value is -4.39. The molecule has 3 aromatic carbocycles. The van der Waals surface area contributed by atoms with Crippen molar-refractivity contribution in [2.75, 3.05) is 0 Å². The van der Waals surface area contributed by atoms with Gasteiger partial charge in [-0.3, -0.25) is 4.79 Å². The zero-order chi connectivity index (χ0) is 20.8. The minimum Gasteiger partial charge on any atom is -0.503 e. The van der Waals surface area contributed by atoms with Crippen LogP contribution in [0.5, 0.6) is 5.75 Å².